The Labute approximate surface area is 111 Å². The predicted octanol–water partition coefficient (Wildman–Crippen LogP) is 3.71. The van der Waals surface area contributed by atoms with Gasteiger partial charge in [-0.15, -0.1) is 0 Å². The van der Waals surface area contributed by atoms with E-state index in [4.69, 9.17) is 23.2 Å². The van der Waals surface area contributed by atoms with Gasteiger partial charge in [0, 0.05) is 11.6 Å². The van der Waals surface area contributed by atoms with Crippen LogP contribution in [-0.4, -0.2) is 18.4 Å². The van der Waals surface area contributed by atoms with Crippen molar-refractivity contribution in [1.82, 2.24) is 5.32 Å². The van der Waals surface area contributed by atoms with Crippen molar-refractivity contribution in [2.75, 3.05) is 6.54 Å². The van der Waals surface area contributed by atoms with Crippen LogP contribution in [-0.2, 0) is 0 Å². The number of hydrogen-bond acceptors (Lipinski definition) is 2. The van der Waals surface area contributed by atoms with Crippen molar-refractivity contribution in [2.45, 2.75) is 31.7 Å². The van der Waals surface area contributed by atoms with Crippen LogP contribution in [0.5, 0.6) is 0 Å². The van der Waals surface area contributed by atoms with Crippen LogP contribution in [0.2, 0.25) is 10.0 Å². The standard InChI is InChI=1S/C13H15Cl2NO/c14-11-6-5-9(7-12(11)15)13(17)8-16-10-3-1-2-4-10/h5-7,10,16H,1-4,8H2. The summed E-state index contributed by atoms with van der Waals surface area (Å²) in [4.78, 5) is 11.9. The SMILES string of the molecule is O=C(CNC1CCCC1)c1ccc(Cl)c(Cl)c1. The molecule has 17 heavy (non-hydrogen) atoms. The average Bonchev–Trinajstić information content (AvgIpc) is 2.82. The van der Waals surface area contributed by atoms with Crippen LogP contribution in [0.1, 0.15) is 36.0 Å². The molecule has 4 heteroatoms. The zero-order chi connectivity index (χ0) is 12.3. The van der Waals surface area contributed by atoms with Crippen LogP contribution in [0.4, 0.5) is 0 Å². The lowest BCUT2D eigenvalue weighted by molar-refractivity contribution is 0.0987. The van der Waals surface area contributed by atoms with E-state index in [0.29, 0.717) is 28.2 Å². The Morgan fingerprint density at radius 2 is 1.94 bits per heavy atom. The summed E-state index contributed by atoms with van der Waals surface area (Å²) in [6, 6.07) is 5.50. The summed E-state index contributed by atoms with van der Waals surface area (Å²) in [6.45, 7) is 0.378. The maximum Gasteiger partial charge on any atom is 0.176 e. The molecule has 0 radical (unpaired) electrons. The third-order valence-electron chi connectivity index (χ3n) is 3.15. The normalized spacial score (nSPS) is 16.4. The Bertz CT molecular complexity index is 414. The van der Waals surface area contributed by atoms with Gasteiger partial charge in [-0.25, -0.2) is 0 Å². The molecule has 0 spiro atoms. The van der Waals surface area contributed by atoms with E-state index in [1.165, 1.54) is 25.7 Å². The third-order valence-corrected chi connectivity index (χ3v) is 3.89. The lowest BCUT2D eigenvalue weighted by atomic mass is 10.1. The van der Waals surface area contributed by atoms with Gasteiger partial charge in [0.15, 0.2) is 5.78 Å². The molecule has 1 aromatic carbocycles. The third kappa shape index (κ3) is 3.44. The van der Waals surface area contributed by atoms with Gasteiger partial charge < -0.3 is 5.32 Å². The van der Waals surface area contributed by atoms with Crippen LogP contribution in [0.3, 0.4) is 0 Å². The van der Waals surface area contributed by atoms with E-state index in [1.807, 2.05) is 0 Å². The van der Waals surface area contributed by atoms with Gasteiger partial charge in [0.1, 0.15) is 0 Å². The first-order valence-electron chi connectivity index (χ1n) is 5.88. The molecule has 2 rings (SSSR count). The van der Waals surface area contributed by atoms with E-state index < -0.39 is 0 Å². The Hall–Kier alpha value is -0.570. The maximum atomic E-state index is 11.9. The maximum absolute atomic E-state index is 11.9. The first-order valence-corrected chi connectivity index (χ1v) is 6.64. The molecule has 1 N–H and O–H groups in total. The fourth-order valence-corrected chi connectivity index (χ4v) is 2.44. The fourth-order valence-electron chi connectivity index (χ4n) is 2.14. The molecule has 0 saturated heterocycles. The largest absolute Gasteiger partial charge is 0.307 e. The molecule has 1 aliphatic rings. The number of benzene rings is 1. The van der Waals surface area contributed by atoms with Crippen LogP contribution >= 0.6 is 23.2 Å². The molecule has 0 amide bonds. The zero-order valence-electron chi connectivity index (χ0n) is 9.51. The molecule has 0 aromatic heterocycles. The highest BCUT2D eigenvalue weighted by atomic mass is 35.5. The first-order chi connectivity index (χ1) is 8.16. The minimum Gasteiger partial charge on any atom is -0.307 e. The molecule has 0 atom stereocenters. The second-order valence-corrected chi connectivity index (χ2v) is 5.23. The molecule has 0 bridgehead atoms. The van der Waals surface area contributed by atoms with Crippen LogP contribution < -0.4 is 5.32 Å². The number of halogens is 2. The second-order valence-electron chi connectivity index (χ2n) is 4.41. The van der Waals surface area contributed by atoms with Crippen molar-refractivity contribution in [2.24, 2.45) is 0 Å². The van der Waals surface area contributed by atoms with Crippen molar-refractivity contribution >= 4 is 29.0 Å². The molecule has 1 aromatic rings. The highest BCUT2D eigenvalue weighted by Crippen LogP contribution is 2.23. The van der Waals surface area contributed by atoms with Gasteiger partial charge >= 0.3 is 0 Å². The average molecular weight is 272 g/mol. The lowest BCUT2D eigenvalue weighted by Gasteiger charge is -2.11. The fraction of sp³-hybridized carbons (Fsp3) is 0.462. The van der Waals surface area contributed by atoms with Gasteiger partial charge in [0.25, 0.3) is 0 Å². The van der Waals surface area contributed by atoms with Crippen molar-refractivity contribution in [3.8, 4) is 0 Å². The van der Waals surface area contributed by atoms with Crippen LogP contribution in [0.25, 0.3) is 0 Å². The van der Waals surface area contributed by atoms with Gasteiger partial charge in [-0.3, -0.25) is 4.79 Å². The summed E-state index contributed by atoms with van der Waals surface area (Å²) in [7, 11) is 0. The van der Waals surface area contributed by atoms with E-state index in [1.54, 1.807) is 18.2 Å². The topological polar surface area (TPSA) is 29.1 Å². The molecule has 0 aliphatic heterocycles. The number of Topliss-reactive ketones (excluding diaryl/α,β-unsaturated/α-hetero) is 1. The van der Waals surface area contributed by atoms with Crippen LogP contribution in [0, 0.1) is 0 Å². The number of carbonyl (C=O) groups is 1. The van der Waals surface area contributed by atoms with Gasteiger partial charge in [-0.1, -0.05) is 36.0 Å². The summed E-state index contributed by atoms with van der Waals surface area (Å²) in [5.41, 5.74) is 0.616. The summed E-state index contributed by atoms with van der Waals surface area (Å²) in [5.74, 6) is 0.0652. The molecule has 1 saturated carbocycles. The Morgan fingerprint density at radius 1 is 1.24 bits per heavy atom. The number of carbonyl (C=O) groups excluding carboxylic acids is 1. The molecule has 1 fully saturated rings. The summed E-state index contributed by atoms with van der Waals surface area (Å²) in [5, 5.41) is 4.20. The van der Waals surface area contributed by atoms with Gasteiger partial charge in [0.2, 0.25) is 0 Å². The van der Waals surface area contributed by atoms with Crippen LogP contribution in [0.15, 0.2) is 18.2 Å². The van der Waals surface area contributed by atoms with Gasteiger partial charge in [0.05, 0.1) is 16.6 Å². The van der Waals surface area contributed by atoms with E-state index in [2.05, 4.69) is 5.32 Å². The summed E-state index contributed by atoms with van der Waals surface area (Å²) >= 11 is 11.7. The number of rotatable bonds is 4. The van der Waals surface area contributed by atoms with Gasteiger partial charge in [-0.2, -0.15) is 0 Å². The first kappa shape index (κ1) is 12.9. The smallest absolute Gasteiger partial charge is 0.176 e. The van der Waals surface area contributed by atoms with E-state index in [0.717, 1.165) is 0 Å². The minimum atomic E-state index is 0.0652. The summed E-state index contributed by atoms with van der Waals surface area (Å²) < 4.78 is 0. The van der Waals surface area contributed by atoms with E-state index in [-0.39, 0.29) is 5.78 Å². The Kier molecular flexibility index (Phi) is 4.43. The van der Waals surface area contributed by atoms with Crippen molar-refractivity contribution in [3.05, 3.63) is 33.8 Å². The second kappa shape index (κ2) is 5.85. The summed E-state index contributed by atoms with van der Waals surface area (Å²) in [6.07, 6.45) is 4.88. The Morgan fingerprint density at radius 3 is 2.59 bits per heavy atom. The predicted molar refractivity (Wildman–Crippen MR) is 71.1 cm³/mol. The number of nitrogens with one attached hydrogen (secondary N) is 1. The molecule has 0 heterocycles. The lowest BCUT2D eigenvalue weighted by Crippen LogP contribution is -2.31. The molecule has 2 nitrogen and oxygen atoms in total. The monoisotopic (exact) mass is 271 g/mol. The van der Waals surface area contributed by atoms with Crippen molar-refractivity contribution in [3.63, 3.8) is 0 Å². The molecule has 1 aliphatic carbocycles. The minimum absolute atomic E-state index is 0.0652. The molecule has 0 unspecified atom stereocenters. The number of ketones is 1. The van der Waals surface area contributed by atoms with Gasteiger partial charge in [-0.05, 0) is 31.0 Å². The quantitative estimate of drug-likeness (QED) is 0.846. The highest BCUT2D eigenvalue weighted by Gasteiger charge is 2.16. The highest BCUT2D eigenvalue weighted by molar-refractivity contribution is 6.42. The zero-order valence-corrected chi connectivity index (χ0v) is 11.0. The van der Waals surface area contributed by atoms with Crippen molar-refractivity contribution in [1.29, 1.82) is 0 Å². The van der Waals surface area contributed by atoms with E-state index >= 15 is 0 Å². The molecule has 92 valence electrons. The molecular formula is C13H15Cl2NO. The Balaban J connectivity index is 1.92. The molecular weight excluding hydrogens is 257 g/mol. The van der Waals surface area contributed by atoms with E-state index in [9.17, 15) is 4.79 Å². The number of hydrogen-bond donors (Lipinski definition) is 1. The van der Waals surface area contributed by atoms with Crippen molar-refractivity contribution < 1.29 is 4.79 Å².